The average Bonchev–Trinajstić information content (AvgIpc) is 3.05. The molecule has 4 rings (SSSR count). The first-order valence-electron chi connectivity index (χ1n) is 9.95. The summed E-state index contributed by atoms with van der Waals surface area (Å²) in [6.45, 7) is 0.351. The third-order valence-electron chi connectivity index (χ3n) is 5.76. The fourth-order valence-corrected chi connectivity index (χ4v) is 4.53. The molecule has 8 heteroatoms. The van der Waals surface area contributed by atoms with Crippen LogP contribution in [0.5, 0.6) is 0 Å². The van der Waals surface area contributed by atoms with Gasteiger partial charge in [0.2, 0.25) is 0 Å². The van der Waals surface area contributed by atoms with Crippen LogP contribution >= 0.6 is 11.6 Å². The molecule has 2 atom stereocenters. The second kappa shape index (κ2) is 8.47. The molecule has 2 aromatic carbocycles. The van der Waals surface area contributed by atoms with Gasteiger partial charge in [0.15, 0.2) is 0 Å². The summed E-state index contributed by atoms with van der Waals surface area (Å²) in [7, 11) is 0. The second-order valence-electron chi connectivity index (χ2n) is 7.96. The number of carbonyl (C=O) groups excluding carboxylic acids is 1. The first kappa shape index (κ1) is 21.0. The van der Waals surface area contributed by atoms with Crippen LogP contribution in [0.1, 0.15) is 31.2 Å². The summed E-state index contributed by atoms with van der Waals surface area (Å²) in [6, 6.07) is 10.6. The van der Waals surface area contributed by atoms with Gasteiger partial charge < -0.3 is 10.1 Å². The van der Waals surface area contributed by atoms with Gasteiger partial charge in [-0.1, -0.05) is 23.7 Å². The van der Waals surface area contributed by atoms with Gasteiger partial charge in [0, 0.05) is 22.7 Å². The molecule has 0 spiro atoms. The minimum Gasteiger partial charge on any atom is -0.449 e. The van der Waals surface area contributed by atoms with Gasteiger partial charge in [-0.3, -0.25) is 5.32 Å². The standard InChI is InChI=1S/C22H22ClF3N2O2/c23-16-5-8-20(19(11-16)14-1-3-15(4-2-14)22(24,25)26)28-21(29)30-12-13-9-17-6-7-18(10-13)27-17/h1-5,8,11,13,17-18,27H,6-7,9-10,12H2,(H,28,29). The number of amides is 1. The molecule has 2 heterocycles. The zero-order valence-corrected chi connectivity index (χ0v) is 16.9. The number of fused-ring (bicyclic) bond motifs is 2. The van der Waals surface area contributed by atoms with Crippen molar-refractivity contribution in [2.24, 2.45) is 5.92 Å². The molecule has 2 aromatic rings. The Morgan fingerprint density at radius 1 is 1.10 bits per heavy atom. The molecule has 0 aliphatic carbocycles. The van der Waals surface area contributed by atoms with Crippen molar-refractivity contribution in [2.45, 2.75) is 43.9 Å². The quantitative estimate of drug-likeness (QED) is 0.606. The first-order valence-corrected chi connectivity index (χ1v) is 10.3. The van der Waals surface area contributed by atoms with Crippen molar-refractivity contribution in [1.82, 2.24) is 5.32 Å². The second-order valence-corrected chi connectivity index (χ2v) is 8.40. The summed E-state index contributed by atoms with van der Waals surface area (Å²) in [6.07, 6.45) is -0.644. The number of nitrogens with one attached hydrogen (secondary N) is 2. The van der Waals surface area contributed by atoms with Gasteiger partial charge in [-0.05, 0) is 67.5 Å². The maximum Gasteiger partial charge on any atom is 0.416 e. The summed E-state index contributed by atoms with van der Waals surface area (Å²) in [5.41, 5.74) is 0.719. The van der Waals surface area contributed by atoms with Crippen LogP contribution in [-0.2, 0) is 10.9 Å². The molecule has 4 nitrogen and oxygen atoms in total. The lowest BCUT2D eigenvalue weighted by Crippen LogP contribution is -2.39. The minimum absolute atomic E-state index is 0.342. The van der Waals surface area contributed by atoms with Gasteiger partial charge in [-0.2, -0.15) is 13.2 Å². The molecule has 0 aromatic heterocycles. The lowest BCUT2D eigenvalue weighted by atomic mass is 9.93. The summed E-state index contributed by atoms with van der Waals surface area (Å²) >= 11 is 6.07. The average molecular weight is 439 g/mol. The Balaban J connectivity index is 1.43. The number of carbonyl (C=O) groups is 1. The van der Waals surface area contributed by atoms with Crippen LogP contribution in [0.4, 0.5) is 23.7 Å². The highest BCUT2D eigenvalue weighted by molar-refractivity contribution is 6.31. The van der Waals surface area contributed by atoms with E-state index in [4.69, 9.17) is 16.3 Å². The van der Waals surface area contributed by atoms with Crippen molar-refractivity contribution < 1.29 is 22.7 Å². The van der Waals surface area contributed by atoms with Crippen molar-refractivity contribution in [2.75, 3.05) is 11.9 Å². The molecule has 2 bridgehead atoms. The zero-order chi connectivity index (χ0) is 21.3. The van der Waals surface area contributed by atoms with Crippen molar-refractivity contribution in [1.29, 1.82) is 0 Å². The number of halogens is 4. The number of piperidine rings is 1. The minimum atomic E-state index is -4.41. The maximum absolute atomic E-state index is 12.8. The largest absolute Gasteiger partial charge is 0.449 e. The zero-order valence-electron chi connectivity index (χ0n) is 16.1. The lowest BCUT2D eigenvalue weighted by Gasteiger charge is -2.28. The fourth-order valence-electron chi connectivity index (χ4n) is 4.35. The number of alkyl halides is 3. The van der Waals surface area contributed by atoms with Gasteiger partial charge in [0.1, 0.15) is 0 Å². The SMILES string of the molecule is O=C(Nc1ccc(Cl)cc1-c1ccc(C(F)(F)F)cc1)OCC1CC2CCC(C1)N2. The van der Waals surface area contributed by atoms with E-state index in [1.165, 1.54) is 25.0 Å². The highest BCUT2D eigenvalue weighted by Crippen LogP contribution is 2.35. The van der Waals surface area contributed by atoms with E-state index in [1.54, 1.807) is 18.2 Å². The summed E-state index contributed by atoms with van der Waals surface area (Å²) < 4.78 is 43.9. The molecule has 0 radical (unpaired) electrons. The molecule has 2 aliphatic rings. The van der Waals surface area contributed by atoms with Crippen LogP contribution in [-0.4, -0.2) is 24.8 Å². The third kappa shape index (κ3) is 4.90. The molecule has 2 N–H and O–H groups in total. The van der Waals surface area contributed by atoms with Crippen LogP contribution in [0.2, 0.25) is 5.02 Å². The van der Waals surface area contributed by atoms with Gasteiger partial charge in [0.05, 0.1) is 17.9 Å². The Hall–Kier alpha value is -2.25. The third-order valence-corrected chi connectivity index (χ3v) is 6.00. The van der Waals surface area contributed by atoms with Gasteiger partial charge in [0.25, 0.3) is 0 Å². The van der Waals surface area contributed by atoms with E-state index in [0.29, 0.717) is 46.4 Å². The number of anilines is 1. The van der Waals surface area contributed by atoms with E-state index < -0.39 is 17.8 Å². The Labute approximate surface area is 177 Å². The van der Waals surface area contributed by atoms with E-state index in [-0.39, 0.29) is 0 Å². The number of ether oxygens (including phenoxy) is 1. The van der Waals surface area contributed by atoms with E-state index in [1.807, 2.05) is 0 Å². The van der Waals surface area contributed by atoms with Crippen molar-refractivity contribution in [3.05, 3.63) is 53.1 Å². The van der Waals surface area contributed by atoms with Crippen LogP contribution in [0.15, 0.2) is 42.5 Å². The Bertz CT molecular complexity index is 906. The van der Waals surface area contributed by atoms with Crippen molar-refractivity contribution >= 4 is 23.4 Å². The normalized spacial score (nSPS) is 23.3. The smallest absolute Gasteiger partial charge is 0.416 e. The molecule has 1 amide bonds. The molecular weight excluding hydrogens is 417 g/mol. The van der Waals surface area contributed by atoms with E-state index in [0.717, 1.165) is 25.0 Å². The highest BCUT2D eigenvalue weighted by atomic mass is 35.5. The summed E-state index contributed by atoms with van der Waals surface area (Å²) in [5, 5.41) is 6.67. The molecule has 160 valence electrons. The van der Waals surface area contributed by atoms with Crippen LogP contribution < -0.4 is 10.6 Å². The number of hydrogen-bond donors (Lipinski definition) is 2. The Morgan fingerprint density at radius 3 is 2.40 bits per heavy atom. The van der Waals surface area contributed by atoms with Gasteiger partial charge >= 0.3 is 12.3 Å². The summed E-state index contributed by atoms with van der Waals surface area (Å²) in [4.78, 5) is 12.4. The van der Waals surface area contributed by atoms with Crippen molar-refractivity contribution in [3.8, 4) is 11.1 Å². The number of rotatable bonds is 4. The Morgan fingerprint density at radius 2 is 1.77 bits per heavy atom. The Kier molecular flexibility index (Phi) is 5.93. The monoisotopic (exact) mass is 438 g/mol. The molecule has 2 aliphatic heterocycles. The molecule has 30 heavy (non-hydrogen) atoms. The van der Waals surface area contributed by atoms with Crippen LogP contribution in [0, 0.1) is 5.92 Å². The number of hydrogen-bond acceptors (Lipinski definition) is 3. The van der Waals surface area contributed by atoms with E-state index in [2.05, 4.69) is 10.6 Å². The summed E-state index contributed by atoms with van der Waals surface area (Å²) in [5.74, 6) is 0.342. The van der Waals surface area contributed by atoms with Gasteiger partial charge in [-0.15, -0.1) is 0 Å². The van der Waals surface area contributed by atoms with Gasteiger partial charge in [-0.25, -0.2) is 4.79 Å². The number of benzene rings is 2. The first-order chi connectivity index (χ1) is 14.3. The molecule has 0 saturated carbocycles. The van der Waals surface area contributed by atoms with Crippen LogP contribution in [0.3, 0.4) is 0 Å². The lowest BCUT2D eigenvalue weighted by molar-refractivity contribution is -0.137. The predicted molar refractivity (Wildman–Crippen MR) is 110 cm³/mol. The van der Waals surface area contributed by atoms with Crippen molar-refractivity contribution in [3.63, 3.8) is 0 Å². The molecular formula is C22H22ClF3N2O2. The fraction of sp³-hybridized carbons (Fsp3) is 0.409. The maximum atomic E-state index is 12.8. The predicted octanol–water partition coefficient (Wildman–Crippen LogP) is 6.10. The topological polar surface area (TPSA) is 50.4 Å². The highest BCUT2D eigenvalue weighted by Gasteiger charge is 2.34. The van der Waals surface area contributed by atoms with E-state index >= 15 is 0 Å². The van der Waals surface area contributed by atoms with E-state index in [9.17, 15) is 18.0 Å². The molecule has 2 saturated heterocycles. The molecule has 2 unspecified atom stereocenters. The molecule has 2 fully saturated rings. The van der Waals surface area contributed by atoms with Crippen LogP contribution in [0.25, 0.3) is 11.1 Å².